The molecule has 4 nitrogen and oxygen atoms in total. The van der Waals surface area contributed by atoms with Gasteiger partial charge in [-0.3, -0.25) is 4.79 Å². The van der Waals surface area contributed by atoms with Crippen LogP contribution < -0.4 is 10.1 Å². The van der Waals surface area contributed by atoms with E-state index in [1.54, 1.807) is 18.2 Å². The average molecular weight is 417 g/mol. The number of nitrogens with one attached hydrogen (secondary N) is 1. The molecule has 0 aliphatic rings. The summed E-state index contributed by atoms with van der Waals surface area (Å²) in [5.41, 5.74) is 4.22. The number of nitrogens with zero attached hydrogens (tertiary/aromatic N) is 1. The molecule has 3 aromatic carbocycles. The van der Waals surface area contributed by atoms with Crippen molar-refractivity contribution in [2.75, 3.05) is 5.32 Å². The molecule has 0 atom stereocenters. The van der Waals surface area contributed by atoms with Gasteiger partial charge in [-0.1, -0.05) is 59.6 Å². The van der Waals surface area contributed by atoms with Gasteiger partial charge in [0.15, 0.2) is 0 Å². The molecule has 0 unspecified atom stereocenters. The van der Waals surface area contributed by atoms with E-state index in [1.807, 2.05) is 68.4 Å². The fourth-order valence-corrected chi connectivity index (χ4v) is 3.13. The van der Waals surface area contributed by atoms with Crippen LogP contribution in [0.25, 0.3) is 6.08 Å². The van der Waals surface area contributed by atoms with Crippen LogP contribution in [-0.4, -0.2) is 5.91 Å². The van der Waals surface area contributed by atoms with E-state index in [0.29, 0.717) is 28.6 Å². The first-order chi connectivity index (χ1) is 14.5. The highest BCUT2D eigenvalue weighted by molar-refractivity contribution is 6.30. The molecule has 1 N–H and O–H groups in total. The van der Waals surface area contributed by atoms with Gasteiger partial charge in [-0.15, -0.1) is 0 Å². The summed E-state index contributed by atoms with van der Waals surface area (Å²) in [5.74, 6) is 0.0498. The number of rotatable bonds is 6. The van der Waals surface area contributed by atoms with Crippen LogP contribution in [-0.2, 0) is 11.4 Å². The summed E-state index contributed by atoms with van der Waals surface area (Å²) in [4.78, 5) is 12.7. The van der Waals surface area contributed by atoms with Crippen LogP contribution in [0.15, 0.2) is 72.3 Å². The fraction of sp³-hybridized carbons (Fsp3) is 0.120. The molecule has 1 amide bonds. The van der Waals surface area contributed by atoms with Gasteiger partial charge >= 0.3 is 0 Å². The molecule has 0 aromatic heterocycles. The predicted octanol–water partition coefficient (Wildman–Crippen LogP) is 6.08. The van der Waals surface area contributed by atoms with E-state index in [2.05, 4.69) is 5.32 Å². The van der Waals surface area contributed by atoms with Crippen LogP contribution in [0, 0.1) is 25.2 Å². The molecule has 0 heterocycles. The smallest absolute Gasteiger partial charge is 0.266 e. The minimum atomic E-state index is -0.488. The van der Waals surface area contributed by atoms with Crippen LogP contribution in [0.2, 0.25) is 5.02 Å². The van der Waals surface area contributed by atoms with Crippen LogP contribution >= 0.6 is 11.6 Å². The first-order valence-electron chi connectivity index (χ1n) is 9.43. The highest BCUT2D eigenvalue weighted by atomic mass is 35.5. The van der Waals surface area contributed by atoms with Crippen LogP contribution in [0.4, 0.5) is 5.69 Å². The number of hydrogen-bond acceptors (Lipinski definition) is 3. The predicted molar refractivity (Wildman–Crippen MR) is 120 cm³/mol. The Hall–Kier alpha value is -3.55. The van der Waals surface area contributed by atoms with E-state index in [9.17, 15) is 10.1 Å². The number of ether oxygens (including phenoxy) is 1. The van der Waals surface area contributed by atoms with Crippen molar-refractivity contribution in [3.05, 3.63) is 99.6 Å². The monoisotopic (exact) mass is 416 g/mol. The van der Waals surface area contributed by atoms with Crippen LogP contribution in [0.5, 0.6) is 5.75 Å². The van der Waals surface area contributed by atoms with Crippen molar-refractivity contribution in [3.63, 3.8) is 0 Å². The Balaban J connectivity index is 1.84. The third-order valence-electron chi connectivity index (χ3n) is 4.50. The Kier molecular flexibility index (Phi) is 6.90. The number of carbonyl (C=O) groups is 1. The number of benzene rings is 3. The second-order valence-corrected chi connectivity index (χ2v) is 7.34. The maximum absolute atomic E-state index is 12.7. The van der Waals surface area contributed by atoms with Gasteiger partial charge in [-0.2, -0.15) is 5.26 Å². The van der Waals surface area contributed by atoms with Gasteiger partial charge in [0.05, 0.1) is 0 Å². The number of hydrogen-bond donors (Lipinski definition) is 1. The third-order valence-corrected chi connectivity index (χ3v) is 4.74. The summed E-state index contributed by atoms with van der Waals surface area (Å²) in [6.45, 7) is 4.25. The van der Waals surface area contributed by atoms with Gasteiger partial charge in [0.25, 0.3) is 5.91 Å². The quantitative estimate of drug-likeness (QED) is 0.391. The molecule has 0 radical (unpaired) electrons. The number of amides is 1. The molecule has 0 saturated heterocycles. The zero-order valence-corrected chi connectivity index (χ0v) is 17.5. The molecule has 0 aliphatic carbocycles. The van der Waals surface area contributed by atoms with Crippen molar-refractivity contribution in [3.8, 4) is 11.8 Å². The van der Waals surface area contributed by atoms with Crippen LogP contribution in [0.1, 0.15) is 22.3 Å². The maximum atomic E-state index is 12.7. The van der Waals surface area contributed by atoms with E-state index < -0.39 is 5.91 Å². The van der Waals surface area contributed by atoms with Gasteiger partial charge in [0.1, 0.15) is 24.0 Å². The Morgan fingerprint density at radius 1 is 1.10 bits per heavy atom. The second-order valence-electron chi connectivity index (χ2n) is 6.90. The molecule has 0 fully saturated rings. The summed E-state index contributed by atoms with van der Waals surface area (Å²) >= 11 is 6.14. The topological polar surface area (TPSA) is 62.1 Å². The first-order valence-corrected chi connectivity index (χ1v) is 9.81. The molecule has 0 spiro atoms. The lowest BCUT2D eigenvalue weighted by atomic mass is 10.1. The number of aryl methyl sites for hydroxylation is 2. The molecular formula is C25H21ClN2O2. The number of nitriles is 1. The van der Waals surface area contributed by atoms with Gasteiger partial charge in [-0.05, 0) is 55.3 Å². The highest BCUT2D eigenvalue weighted by Gasteiger charge is 2.13. The van der Waals surface area contributed by atoms with Crippen molar-refractivity contribution in [1.29, 1.82) is 5.26 Å². The molecular weight excluding hydrogens is 396 g/mol. The second kappa shape index (κ2) is 9.78. The molecule has 5 heteroatoms. The summed E-state index contributed by atoms with van der Waals surface area (Å²) in [6.07, 6.45) is 1.49. The normalized spacial score (nSPS) is 10.9. The van der Waals surface area contributed by atoms with Crippen molar-refractivity contribution in [2.45, 2.75) is 20.5 Å². The van der Waals surface area contributed by atoms with Crippen molar-refractivity contribution >= 4 is 29.3 Å². The SMILES string of the molecule is Cc1ccc(NC(=O)/C(C#N)=C/c2cc(Cl)ccc2OCc2ccccc2)c(C)c1. The Labute approximate surface area is 181 Å². The van der Waals surface area contributed by atoms with E-state index in [4.69, 9.17) is 16.3 Å². The fourth-order valence-electron chi connectivity index (χ4n) is 2.95. The van der Waals surface area contributed by atoms with Crippen molar-refractivity contribution in [1.82, 2.24) is 0 Å². The summed E-state index contributed by atoms with van der Waals surface area (Å²) in [5, 5.41) is 12.8. The number of carbonyl (C=O) groups excluding carboxylic acids is 1. The Morgan fingerprint density at radius 3 is 2.57 bits per heavy atom. The molecule has 3 rings (SSSR count). The van der Waals surface area contributed by atoms with Gasteiger partial charge in [0, 0.05) is 16.3 Å². The number of anilines is 1. The molecule has 0 saturated carbocycles. The molecule has 0 bridgehead atoms. The minimum absolute atomic E-state index is 0.0400. The Morgan fingerprint density at radius 2 is 1.87 bits per heavy atom. The minimum Gasteiger partial charge on any atom is -0.488 e. The van der Waals surface area contributed by atoms with Crippen molar-refractivity contribution in [2.24, 2.45) is 0 Å². The highest BCUT2D eigenvalue weighted by Crippen LogP contribution is 2.27. The van der Waals surface area contributed by atoms with E-state index in [1.165, 1.54) is 6.08 Å². The van der Waals surface area contributed by atoms with E-state index in [0.717, 1.165) is 16.7 Å². The third kappa shape index (κ3) is 5.50. The van der Waals surface area contributed by atoms with Gasteiger partial charge in [0.2, 0.25) is 0 Å². The molecule has 30 heavy (non-hydrogen) atoms. The number of halogens is 1. The first kappa shape index (κ1) is 21.2. The largest absolute Gasteiger partial charge is 0.488 e. The maximum Gasteiger partial charge on any atom is 0.266 e. The molecule has 150 valence electrons. The summed E-state index contributed by atoms with van der Waals surface area (Å²) in [6, 6.07) is 22.5. The Bertz CT molecular complexity index is 1130. The van der Waals surface area contributed by atoms with E-state index in [-0.39, 0.29) is 5.57 Å². The summed E-state index contributed by atoms with van der Waals surface area (Å²) in [7, 11) is 0. The standard InChI is InChI=1S/C25H21ClN2O2/c1-17-8-10-23(18(2)12-17)28-25(29)21(15-27)13-20-14-22(26)9-11-24(20)30-16-19-6-4-3-5-7-19/h3-14H,16H2,1-2H3,(H,28,29)/b21-13+. The zero-order chi connectivity index (χ0) is 21.5. The lowest BCUT2D eigenvalue weighted by Crippen LogP contribution is -2.14. The molecule has 0 aliphatic heterocycles. The summed E-state index contributed by atoms with van der Waals surface area (Å²) < 4.78 is 5.91. The molecule has 3 aromatic rings. The van der Waals surface area contributed by atoms with E-state index >= 15 is 0 Å². The van der Waals surface area contributed by atoms with Crippen molar-refractivity contribution < 1.29 is 9.53 Å². The lowest BCUT2D eigenvalue weighted by Gasteiger charge is -2.11. The van der Waals surface area contributed by atoms with Gasteiger partial charge in [-0.25, -0.2) is 0 Å². The lowest BCUT2D eigenvalue weighted by molar-refractivity contribution is -0.112. The average Bonchev–Trinajstić information content (AvgIpc) is 2.74. The van der Waals surface area contributed by atoms with Gasteiger partial charge < -0.3 is 10.1 Å². The zero-order valence-electron chi connectivity index (χ0n) is 16.8. The van der Waals surface area contributed by atoms with Crippen LogP contribution in [0.3, 0.4) is 0 Å².